The number of fused-ring (bicyclic) bond motifs is 5. The van der Waals surface area contributed by atoms with Gasteiger partial charge >= 0.3 is 5.97 Å². The first-order valence-electron chi connectivity index (χ1n) is 11.2. The number of aliphatic hydroxyl groups excluding tert-OH is 3. The fourth-order valence-electron chi connectivity index (χ4n) is 7.44. The van der Waals surface area contributed by atoms with Gasteiger partial charge in [-0.25, -0.2) is 0 Å². The second-order valence-corrected chi connectivity index (χ2v) is 11.9. The highest BCUT2D eigenvalue weighted by atomic mass is 79.9. The van der Waals surface area contributed by atoms with Crippen LogP contribution in [0.5, 0.6) is 0 Å². The van der Waals surface area contributed by atoms with Gasteiger partial charge in [0.15, 0.2) is 12.4 Å². The fraction of sp³-hybridized carbons (Fsp3) is 0.708. The molecule has 4 N–H and O–H groups in total. The number of alkyl halides is 1. The maximum Gasteiger partial charge on any atom is 0.303 e. The molecule has 0 amide bonds. The van der Waals surface area contributed by atoms with Gasteiger partial charge in [0.05, 0.1) is 16.5 Å². The van der Waals surface area contributed by atoms with E-state index in [9.17, 15) is 34.8 Å². The van der Waals surface area contributed by atoms with Crippen LogP contribution < -0.4 is 0 Å². The summed E-state index contributed by atoms with van der Waals surface area (Å²) in [4.78, 5) is 36.5. The Morgan fingerprint density at radius 1 is 1.24 bits per heavy atom. The Bertz CT molecular complexity index is 976. The standard InChI is InChI=1S/C24H31BrO8/c1-11-7-14-18-20(31)19(30)15-8-13(27)5-6-21(15,3)23(18,25)16(28)9-22(14,4)24(11,32)17(29)10-33-12(2)26/h5-6,8,11,14,16,18-20,28,30-32H,7,9-10H2,1-4H3/t11?,14-,16?,18+,19?,20?,21-,22-,23+,24-/m0/s1. The highest BCUT2D eigenvalue weighted by Crippen LogP contribution is 2.71. The third kappa shape index (κ3) is 2.92. The summed E-state index contributed by atoms with van der Waals surface area (Å²) in [5.74, 6) is -3.35. The van der Waals surface area contributed by atoms with Gasteiger partial charge in [0.2, 0.25) is 5.78 Å². The van der Waals surface area contributed by atoms with Crippen LogP contribution in [-0.4, -0.2) is 72.8 Å². The van der Waals surface area contributed by atoms with Crippen molar-refractivity contribution in [1.29, 1.82) is 0 Å². The van der Waals surface area contributed by atoms with Crippen molar-refractivity contribution in [3.63, 3.8) is 0 Å². The molecular formula is C24H31BrO8. The number of carbonyl (C=O) groups is 3. The summed E-state index contributed by atoms with van der Waals surface area (Å²) in [6, 6.07) is 0. The summed E-state index contributed by atoms with van der Waals surface area (Å²) in [7, 11) is 0. The minimum atomic E-state index is -1.90. The van der Waals surface area contributed by atoms with E-state index in [2.05, 4.69) is 15.9 Å². The van der Waals surface area contributed by atoms with Crippen LogP contribution in [0.4, 0.5) is 0 Å². The van der Waals surface area contributed by atoms with Gasteiger partial charge in [-0.1, -0.05) is 42.8 Å². The quantitative estimate of drug-likeness (QED) is 0.313. The lowest BCUT2D eigenvalue weighted by Crippen LogP contribution is -2.73. The first-order chi connectivity index (χ1) is 15.2. The van der Waals surface area contributed by atoms with E-state index in [0.717, 1.165) is 0 Å². The number of carbonyl (C=O) groups excluding carboxylic acids is 3. The molecule has 0 aliphatic heterocycles. The number of Topliss-reactive ketones (excluding diaryl/α,β-unsaturated/α-hetero) is 1. The zero-order chi connectivity index (χ0) is 24.7. The van der Waals surface area contributed by atoms with Crippen LogP contribution in [0.3, 0.4) is 0 Å². The average molecular weight is 527 g/mol. The smallest absolute Gasteiger partial charge is 0.303 e. The first-order valence-corrected chi connectivity index (χ1v) is 12.0. The van der Waals surface area contributed by atoms with Gasteiger partial charge < -0.3 is 25.2 Å². The van der Waals surface area contributed by atoms with Gasteiger partial charge in [-0.2, -0.15) is 0 Å². The van der Waals surface area contributed by atoms with Crippen LogP contribution >= 0.6 is 15.9 Å². The number of allylic oxidation sites excluding steroid dienone is 3. The van der Waals surface area contributed by atoms with Crippen LogP contribution in [0.2, 0.25) is 0 Å². The molecule has 0 saturated heterocycles. The Morgan fingerprint density at radius 2 is 1.88 bits per heavy atom. The second-order valence-electron chi connectivity index (χ2n) is 10.6. The second kappa shape index (κ2) is 7.55. The third-order valence-corrected chi connectivity index (χ3v) is 11.0. The molecule has 0 aromatic rings. The summed E-state index contributed by atoms with van der Waals surface area (Å²) in [6.45, 7) is 5.85. The van der Waals surface area contributed by atoms with Gasteiger partial charge in [-0.05, 0) is 42.4 Å². The fourth-order valence-corrected chi connectivity index (χ4v) is 8.55. The number of halogens is 1. The zero-order valence-electron chi connectivity index (χ0n) is 19.1. The van der Waals surface area contributed by atoms with E-state index < -0.39 is 75.2 Å². The highest BCUT2D eigenvalue weighted by molar-refractivity contribution is 9.10. The molecule has 4 aliphatic rings. The van der Waals surface area contributed by atoms with E-state index in [0.29, 0.717) is 12.0 Å². The van der Waals surface area contributed by atoms with Crippen molar-refractivity contribution in [2.24, 2.45) is 28.6 Å². The van der Waals surface area contributed by atoms with E-state index in [-0.39, 0.29) is 12.2 Å². The van der Waals surface area contributed by atoms with Crippen molar-refractivity contribution in [2.45, 2.75) is 68.8 Å². The lowest BCUT2D eigenvalue weighted by Gasteiger charge is -2.66. The Balaban J connectivity index is 1.84. The molecule has 10 atom stereocenters. The molecule has 0 aromatic heterocycles. The molecule has 8 nitrogen and oxygen atoms in total. The number of ether oxygens (including phenoxy) is 1. The monoisotopic (exact) mass is 526 g/mol. The van der Waals surface area contributed by atoms with Crippen LogP contribution in [0.1, 0.15) is 40.5 Å². The summed E-state index contributed by atoms with van der Waals surface area (Å²) in [6.07, 6.45) is 0.897. The molecule has 4 rings (SSSR count). The minimum absolute atomic E-state index is 0.0273. The van der Waals surface area contributed by atoms with Crippen LogP contribution in [0, 0.1) is 28.6 Å². The van der Waals surface area contributed by atoms with Gasteiger partial charge in [-0.3, -0.25) is 14.4 Å². The van der Waals surface area contributed by atoms with Crippen molar-refractivity contribution < 1.29 is 39.5 Å². The lowest BCUT2D eigenvalue weighted by molar-refractivity contribution is -0.196. The number of aliphatic hydroxyl groups is 4. The zero-order valence-corrected chi connectivity index (χ0v) is 20.7. The van der Waals surface area contributed by atoms with Crippen molar-refractivity contribution in [3.05, 3.63) is 23.8 Å². The van der Waals surface area contributed by atoms with E-state index in [4.69, 9.17) is 4.74 Å². The average Bonchev–Trinajstić information content (AvgIpc) is 2.93. The van der Waals surface area contributed by atoms with Gasteiger partial charge in [0.25, 0.3) is 0 Å². The predicted molar refractivity (Wildman–Crippen MR) is 120 cm³/mol. The normalized spacial score (nSPS) is 50.7. The van der Waals surface area contributed by atoms with Crippen LogP contribution in [-0.2, 0) is 19.1 Å². The minimum Gasteiger partial charge on any atom is -0.458 e. The van der Waals surface area contributed by atoms with Gasteiger partial charge in [0, 0.05) is 23.7 Å². The summed E-state index contributed by atoms with van der Waals surface area (Å²) in [5, 5.41) is 45.7. The number of hydrogen-bond donors (Lipinski definition) is 4. The van der Waals surface area contributed by atoms with E-state index in [1.165, 1.54) is 19.1 Å². The molecular weight excluding hydrogens is 496 g/mol. The lowest BCUT2D eigenvalue weighted by atomic mass is 9.44. The molecule has 0 bridgehead atoms. The number of hydrogen-bond acceptors (Lipinski definition) is 8. The maximum absolute atomic E-state index is 13.2. The van der Waals surface area contributed by atoms with Crippen molar-refractivity contribution in [1.82, 2.24) is 0 Å². The van der Waals surface area contributed by atoms with E-state index in [1.54, 1.807) is 26.8 Å². The van der Waals surface area contributed by atoms with E-state index in [1.807, 2.05) is 0 Å². The summed E-state index contributed by atoms with van der Waals surface area (Å²) < 4.78 is 3.73. The summed E-state index contributed by atoms with van der Waals surface area (Å²) in [5.41, 5.74) is -3.72. The maximum atomic E-state index is 13.2. The van der Waals surface area contributed by atoms with Gasteiger partial charge in [-0.15, -0.1) is 0 Å². The topological polar surface area (TPSA) is 141 Å². The van der Waals surface area contributed by atoms with Crippen molar-refractivity contribution >= 4 is 33.5 Å². The molecule has 0 heterocycles. The van der Waals surface area contributed by atoms with Crippen LogP contribution in [0.15, 0.2) is 23.8 Å². The molecule has 4 unspecified atom stereocenters. The molecule has 3 saturated carbocycles. The largest absolute Gasteiger partial charge is 0.458 e. The van der Waals surface area contributed by atoms with E-state index >= 15 is 0 Å². The Morgan fingerprint density at radius 3 is 2.48 bits per heavy atom. The first kappa shape index (κ1) is 24.7. The predicted octanol–water partition coefficient (Wildman–Crippen LogP) is 0.833. The molecule has 9 heteroatoms. The summed E-state index contributed by atoms with van der Waals surface area (Å²) >= 11 is 3.77. The highest BCUT2D eigenvalue weighted by Gasteiger charge is 2.76. The van der Waals surface area contributed by atoms with Crippen molar-refractivity contribution in [3.8, 4) is 0 Å². The van der Waals surface area contributed by atoms with Crippen LogP contribution in [0.25, 0.3) is 0 Å². The molecule has 0 spiro atoms. The molecule has 33 heavy (non-hydrogen) atoms. The number of esters is 1. The Hall–Kier alpha value is -1.39. The number of rotatable bonds is 3. The van der Waals surface area contributed by atoms with Gasteiger partial charge in [0.1, 0.15) is 11.7 Å². The molecule has 3 fully saturated rings. The number of ketones is 2. The van der Waals surface area contributed by atoms with Crippen molar-refractivity contribution in [2.75, 3.05) is 6.61 Å². The molecule has 0 radical (unpaired) electrons. The SMILES string of the molecule is CC(=O)OCC(=O)[C@@]1(O)C(C)C[C@H]2[C@@H]3C(O)C(O)C4=CC(=O)C=C[C@]4(C)[C@@]3(Br)C(O)C[C@@]21C. The third-order valence-electron chi connectivity index (χ3n) is 9.15. The molecule has 0 aromatic carbocycles. The Kier molecular flexibility index (Phi) is 5.66. The molecule has 4 aliphatic carbocycles. The molecule has 182 valence electrons. The Labute approximate surface area is 200 Å².